The summed E-state index contributed by atoms with van der Waals surface area (Å²) in [4.78, 5) is 28.9. The van der Waals surface area contributed by atoms with Gasteiger partial charge in [0.2, 0.25) is 18.6 Å². The number of nitrogens with zero attached hydrogens (tertiary/aromatic N) is 5. The van der Waals surface area contributed by atoms with Crippen LogP contribution in [0.2, 0.25) is 0 Å². The highest BCUT2D eigenvalue weighted by atomic mass is 19.1. The molecule has 10 heteroatoms. The zero-order valence-corrected chi connectivity index (χ0v) is 15.6. The lowest BCUT2D eigenvalue weighted by molar-refractivity contribution is -0.120. The number of nitrogens with one attached hydrogen (secondary N) is 1. The predicted octanol–water partition coefficient (Wildman–Crippen LogP) is 1.22. The average Bonchev–Trinajstić information content (AvgIpc) is 3.29. The van der Waals surface area contributed by atoms with Crippen LogP contribution in [0.25, 0.3) is 0 Å². The van der Waals surface area contributed by atoms with Crippen LogP contribution in [0, 0.1) is 0 Å². The van der Waals surface area contributed by atoms with Crippen molar-refractivity contribution in [2.24, 2.45) is 0 Å². The number of pyridine rings is 1. The Morgan fingerprint density at radius 2 is 2.11 bits per heavy atom. The van der Waals surface area contributed by atoms with E-state index in [1.54, 1.807) is 22.1 Å². The van der Waals surface area contributed by atoms with E-state index in [2.05, 4.69) is 20.3 Å². The lowest BCUT2D eigenvalue weighted by Crippen LogP contribution is -2.39. The van der Waals surface area contributed by atoms with Gasteiger partial charge in [-0.2, -0.15) is 0 Å². The Balaban J connectivity index is 1.46. The smallest absolute Gasteiger partial charge is 0.241 e. The minimum Gasteiger partial charge on any atom is -0.453 e. The zero-order chi connectivity index (χ0) is 19.7. The third kappa shape index (κ3) is 3.68. The van der Waals surface area contributed by atoms with E-state index in [1.165, 1.54) is 12.4 Å². The quantitative estimate of drug-likeness (QED) is 0.817. The number of rotatable bonds is 5. The Labute approximate surface area is 161 Å². The lowest BCUT2D eigenvalue weighted by atomic mass is 10.2. The van der Waals surface area contributed by atoms with Gasteiger partial charge in [-0.1, -0.05) is 0 Å². The van der Waals surface area contributed by atoms with Crippen molar-refractivity contribution < 1.29 is 18.7 Å². The summed E-state index contributed by atoms with van der Waals surface area (Å²) in [6.07, 6.45) is 3.71. The van der Waals surface area contributed by atoms with E-state index in [0.717, 1.165) is 0 Å². The molecule has 1 amide bonds. The van der Waals surface area contributed by atoms with Gasteiger partial charge in [0.25, 0.3) is 0 Å². The largest absolute Gasteiger partial charge is 0.453 e. The lowest BCUT2D eigenvalue weighted by Gasteiger charge is -2.23. The summed E-state index contributed by atoms with van der Waals surface area (Å²) < 4.78 is 24.9. The maximum atomic E-state index is 14.1. The molecule has 0 saturated carbocycles. The second-order valence-corrected chi connectivity index (χ2v) is 6.93. The first-order valence-corrected chi connectivity index (χ1v) is 8.93. The fourth-order valence-corrected chi connectivity index (χ4v) is 3.33. The van der Waals surface area contributed by atoms with Gasteiger partial charge in [-0.05, 0) is 0 Å². The molecule has 1 N–H and O–H groups in total. The molecule has 0 radical (unpaired) electrons. The molecule has 2 aromatic heterocycles. The third-order valence-corrected chi connectivity index (χ3v) is 4.67. The van der Waals surface area contributed by atoms with Crippen LogP contribution in [0.15, 0.2) is 24.7 Å². The van der Waals surface area contributed by atoms with Crippen LogP contribution in [0.1, 0.15) is 12.1 Å². The molecule has 0 aliphatic carbocycles. The summed E-state index contributed by atoms with van der Waals surface area (Å²) in [6, 6.07) is 1.10. The maximum absolute atomic E-state index is 14.1. The van der Waals surface area contributed by atoms with Crippen LogP contribution in [0.4, 0.5) is 16.0 Å². The molecular formula is C18H21FN6O3. The highest BCUT2D eigenvalue weighted by Gasteiger charge is 2.38. The van der Waals surface area contributed by atoms with Crippen molar-refractivity contribution in [3.8, 4) is 11.5 Å². The van der Waals surface area contributed by atoms with E-state index >= 15 is 0 Å². The molecule has 0 unspecified atom stereocenters. The van der Waals surface area contributed by atoms with Crippen molar-refractivity contribution in [1.82, 2.24) is 19.9 Å². The monoisotopic (exact) mass is 388 g/mol. The molecule has 28 heavy (non-hydrogen) atoms. The standard InChI is InChI=1S/C18H21FN6O3/c1-24(2)18-21-6-12(7-22-18)23-17(26)14-5-11(19)8-25(14)9-13-16-15(3-4-20-13)27-10-28-16/h3-4,6-7,11,14H,5,8-10H2,1-2H3,(H,23,26)/t11-,14+/m0/s1. The topological polar surface area (TPSA) is 92.7 Å². The van der Waals surface area contributed by atoms with Crippen LogP contribution in [0.3, 0.4) is 0 Å². The molecule has 2 aliphatic heterocycles. The van der Waals surface area contributed by atoms with Gasteiger partial charge in [0, 0.05) is 45.9 Å². The molecule has 1 fully saturated rings. The van der Waals surface area contributed by atoms with Crippen LogP contribution >= 0.6 is 0 Å². The van der Waals surface area contributed by atoms with Crippen molar-refractivity contribution in [3.63, 3.8) is 0 Å². The van der Waals surface area contributed by atoms with Gasteiger partial charge in [-0.15, -0.1) is 0 Å². The zero-order valence-electron chi connectivity index (χ0n) is 15.6. The summed E-state index contributed by atoms with van der Waals surface area (Å²) >= 11 is 0. The van der Waals surface area contributed by atoms with Crippen LogP contribution in [0.5, 0.6) is 11.5 Å². The number of aromatic nitrogens is 3. The summed E-state index contributed by atoms with van der Waals surface area (Å²) in [6.45, 7) is 0.577. The molecule has 2 atom stereocenters. The molecule has 4 rings (SSSR count). The van der Waals surface area contributed by atoms with Gasteiger partial charge in [-0.3, -0.25) is 14.7 Å². The van der Waals surface area contributed by atoms with E-state index in [-0.39, 0.29) is 25.7 Å². The van der Waals surface area contributed by atoms with E-state index < -0.39 is 12.2 Å². The first kappa shape index (κ1) is 18.4. The molecule has 0 bridgehead atoms. The first-order valence-electron chi connectivity index (χ1n) is 8.93. The van der Waals surface area contributed by atoms with Gasteiger partial charge in [-0.25, -0.2) is 14.4 Å². The number of likely N-dealkylation sites (tertiary alicyclic amines) is 1. The van der Waals surface area contributed by atoms with Crippen LogP contribution in [-0.2, 0) is 11.3 Å². The van der Waals surface area contributed by atoms with Crippen molar-refractivity contribution in [2.45, 2.75) is 25.2 Å². The minimum absolute atomic E-state index is 0.120. The number of fused-ring (bicyclic) bond motifs is 1. The highest BCUT2D eigenvalue weighted by Crippen LogP contribution is 2.35. The molecule has 4 heterocycles. The molecule has 0 spiro atoms. The summed E-state index contributed by atoms with van der Waals surface area (Å²) in [7, 11) is 3.66. The number of anilines is 2. The van der Waals surface area contributed by atoms with E-state index in [1.807, 2.05) is 14.1 Å². The summed E-state index contributed by atoms with van der Waals surface area (Å²) in [5.74, 6) is 1.40. The molecular weight excluding hydrogens is 367 g/mol. The van der Waals surface area contributed by atoms with E-state index in [0.29, 0.717) is 35.4 Å². The maximum Gasteiger partial charge on any atom is 0.241 e. The molecule has 9 nitrogen and oxygen atoms in total. The third-order valence-electron chi connectivity index (χ3n) is 4.67. The molecule has 148 valence electrons. The fourth-order valence-electron chi connectivity index (χ4n) is 3.33. The molecule has 2 aromatic rings. The number of hydrogen-bond acceptors (Lipinski definition) is 8. The minimum atomic E-state index is -1.09. The number of carbonyl (C=O) groups excluding carboxylic acids is 1. The molecule has 0 aromatic carbocycles. The Morgan fingerprint density at radius 3 is 2.86 bits per heavy atom. The second-order valence-electron chi connectivity index (χ2n) is 6.93. The second kappa shape index (κ2) is 7.55. The van der Waals surface area contributed by atoms with Crippen LogP contribution in [-0.4, -0.2) is 65.4 Å². The molecule has 1 saturated heterocycles. The number of ether oxygens (including phenoxy) is 2. The summed E-state index contributed by atoms with van der Waals surface area (Å²) in [5.41, 5.74) is 1.09. The van der Waals surface area contributed by atoms with Crippen molar-refractivity contribution in [1.29, 1.82) is 0 Å². The average molecular weight is 388 g/mol. The highest BCUT2D eigenvalue weighted by molar-refractivity contribution is 5.94. The fraction of sp³-hybridized carbons (Fsp3) is 0.444. The van der Waals surface area contributed by atoms with E-state index in [4.69, 9.17) is 9.47 Å². The van der Waals surface area contributed by atoms with Crippen molar-refractivity contribution >= 4 is 17.5 Å². The van der Waals surface area contributed by atoms with Crippen LogP contribution < -0.4 is 19.7 Å². The van der Waals surface area contributed by atoms with Gasteiger partial charge in [0.05, 0.1) is 24.1 Å². The SMILES string of the molecule is CN(C)c1ncc(NC(=O)[C@H]2C[C@H](F)CN2Cc2nccc3c2OCO3)cn1. The van der Waals surface area contributed by atoms with Gasteiger partial charge >= 0.3 is 0 Å². The van der Waals surface area contributed by atoms with Crippen molar-refractivity contribution in [3.05, 3.63) is 30.4 Å². The summed E-state index contributed by atoms with van der Waals surface area (Å²) in [5, 5.41) is 2.77. The van der Waals surface area contributed by atoms with E-state index in [9.17, 15) is 9.18 Å². The normalized spacial score (nSPS) is 21.0. The molecule has 2 aliphatic rings. The predicted molar refractivity (Wildman–Crippen MR) is 99.1 cm³/mol. The number of carbonyl (C=O) groups is 1. The van der Waals surface area contributed by atoms with Gasteiger partial charge < -0.3 is 19.7 Å². The number of amides is 1. The Hall–Kier alpha value is -3.01. The van der Waals surface area contributed by atoms with Gasteiger partial charge in [0.1, 0.15) is 11.9 Å². The Morgan fingerprint density at radius 1 is 1.32 bits per heavy atom. The van der Waals surface area contributed by atoms with Crippen molar-refractivity contribution in [2.75, 3.05) is 37.6 Å². The Bertz CT molecular complexity index is 863. The van der Waals surface area contributed by atoms with Gasteiger partial charge in [0.15, 0.2) is 11.5 Å². The number of hydrogen-bond donors (Lipinski definition) is 1. The number of alkyl halides is 1. The number of halogens is 1. The Kier molecular flexibility index (Phi) is 4.95. The first-order chi connectivity index (χ1) is 13.5.